The predicted molar refractivity (Wildman–Crippen MR) is 53.3 cm³/mol. The van der Waals surface area contributed by atoms with Crippen LogP contribution in [0.2, 0.25) is 0 Å². The molecule has 1 aliphatic rings. The third kappa shape index (κ3) is 2.70. The van der Waals surface area contributed by atoms with Gasteiger partial charge >= 0.3 is 0 Å². The molecule has 0 spiro atoms. The summed E-state index contributed by atoms with van der Waals surface area (Å²) in [4.78, 5) is 3.98. The van der Waals surface area contributed by atoms with E-state index in [1.54, 1.807) is 12.4 Å². The third-order valence-corrected chi connectivity index (χ3v) is 2.34. The van der Waals surface area contributed by atoms with E-state index in [0.29, 0.717) is 6.61 Å². The molecule has 1 unspecified atom stereocenters. The Labute approximate surface area is 84.1 Å². The van der Waals surface area contributed by atoms with Crippen LogP contribution in [0, 0.1) is 0 Å². The summed E-state index contributed by atoms with van der Waals surface area (Å²) in [5.74, 6) is 0.821. The van der Waals surface area contributed by atoms with Crippen LogP contribution in [-0.4, -0.2) is 24.3 Å². The van der Waals surface area contributed by atoms with Crippen LogP contribution in [0.15, 0.2) is 24.5 Å². The Morgan fingerprint density at radius 2 is 2.50 bits per heavy atom. The van der Waals surface area contributed by atoms with Gasteiger partial charge in [0.05, 0.1) is 12.3 Å². The summed E-state index contributed by atoms with van der Waals surface area (Å²) in [6.07, 6.45) is 7.28. The van der Waals surface area contributed by atoms with E-state index in [-0.39, 0.29) is 6.10 Å². The molecule has 0 N–H and O–H groups in total. The Bertz CT molecular complexity index is 257. The Kier molecular flexibility index (Phi) is 3.35. The number of hydrogen-bond donors (Lipinski definition) is 0. The zero-order chi connectivity index (χ0) is 9.64. The summed E-state index contributed by atoms with van der Waals surface area (Å²) in [5.41, 5.74) is 0. The van der Waals surface area contributed by atoms with Crippen molar-refractivity contribution in [3.05, 3.63) is 24.5 Å². The van der Waals surface area contributed by atoms with E-state index in [1.165, 1.54) is 12.8 Å². The SMILES string of the molecule is c1cncc(OCC2CCCCO2)c1. The molecule has 14 heavy (non-hydrogen) atoms. The summed E-state index contributed by atoms with van der Waals surface area (Å²) in [6.45, 7) is 1.52. The fraction of sp³-hybridized carbons (Fsp3) is 0.545. The molecule has 76 valence electrons. The molecule has 0 saturated carbocycles. The van der Waals surface area contributed by atoms with Crippen LogP contribution in [0.1, 0.15) is 19.3 Å². The van der Waals surface area contributed by atoms with E-state index < -0.39 is 0 Å². The fourth-order valence-electron chi connectivity index (χ4n) is 1.56. The molecule has 3 nitrogen and oxygen atoms in total. The number of pyridine rings is 1. The van der Waals surface area contributed by atoms with Crippen molar-refractivity contribution in [2.24, 2.45) is 0 Å². The zero-order valence-corrected chi connectivity index (χ0v) is 8.19. The van der Waals surface area contributed by atoms with Gasteiger partial charge in [0.2, 0.25) is 0 Å². The molecule has 1 saturated heterocycles. The lowest BCUT2D eigenvalue weighted by Gasteiger charge is -2.22. The highest BCUT2D eigenvalue weighted by atomic mass is 16.5. The van der Waals surface area contributed by atoms with Crippen molar-refractivity contribution in [2.75, 3.05) is 13.2 Å². The fourth-order valence-corrected chi connectivity index (χ4v) is 1.56. The normalized spacial score (nSPS) is 21.9. The number of ether oxygens (including phenoxy) is 2. The second-order valence-electron chi connectivity index (χ2n) is 3.49. The van der Waals surface area contributed by atoms with E-state index in [0.717, 1.165) is 18.8 Å². The van der Waals surface area contributed by atoms with Crippen molar-refractivity contribution in [1.82, 2.24) is 4.98 Å². The smallest absolute Gasteiger partial charge is 0.137 e. The summed E-state index contributed by atoms with van der Waals surface area (Å²) in [5, 5.41) is 0. The minimum Gasteiger partial charge on any atom is -0.489 e. The second kappa shape index (κ2) is 4.96. The van der Waals surface area contributed by atoms with Gasteiger partial charge in [-0.2, -0.15) is 0 Å². The standard InChI is InChI=1S/C11H15NO2/c1-2-7-13-11(4-1)9-14-10-5-3-6-12-8-10/h3,5-6,8,11H,1-2,4,7,9H2. The van der Waals surface area contributed by atoms with Gasteiger partial charge in [-0.3, -0.25) is 4.98 Å². The molecular weight excluding hydrogens is 178 g/mol. The topological polar surface area (TPSA) is 31.4 Å². The molecule has 1 fully saturated rings. The molecule has 1 aromatic heterocycles. The minimum absolute atomic E-state index is 0.268. The predicted octanol–water partition coefficient (Wildman–Crippen LogP) is 2.03. The molecule has 1 aliphatic heterocycles. The number of rotatable bonds is 3. The Morgan fingerprint density at radius 3 is 3.21 bits per heavy atom. The molecule has 0 amide bonds. The van der Waals surface area contributed by atoms with Crippen LogP contribution >= 0.6 is 0 Å². The van der Waals surface area contributed by atoms with Crippen LogP contribution in [0.25, 0.3) is 0 Å². The summed E-state index contributed by atoms with van der Waals surface area (Å²) < 4.78 is 11.1. The minimum atomic E-state index is 0.268. The molecule has 1 atom stereocenters. The maximum absolute atomic E-state index is 5.56. The monoisotopic (exact) mass is 193 g/mol. The van der Waals surface area contributed by atoms with E-state index in [2.05, 4.69) is 4.98 Å². The lowest BCUT2D eigenvalue weighted by molar-refractivity contribution is -0.0111. The van der Waals surface area contributed by atoms with Gasteiger partial charge in [0, 0.05) is 12.8 Å². The van der Waals surface area contributed by atoms with Gasteiger partial charge in [0.15, 0.2) is 0 Å². The van der Waals surface area contributed by atoms with Crippen LogP contribution in [0.3, 0.4) is 0 Å². The van der Waals surface area contributed by atoms with Crippen LogP contribution in [-0.2, 0) is 4.74 Å². The quantitative estimate of drug-likeness (QED) is 0.736. The van der Waals surface area contributed by atoms with Gasteiger partial charge in [-0.15, -0.1) is 0 Å². The van der Waals surface area contributed by atoms with Crippen LogP contribution in [0.5, 0.6) is 5.75 Å². The average Bonchev–Trinajstić information content (AvgIpc) is 2.29. The third-order valence-electron chi connectivity index (χ3n) is 2.34. The van der Waals surface area contributed by atoms with E-state index in [4.69, 9.17) is 9.47 Å². The van der Waals surface area contributed by atoms with E-state index in [1.807, 2.05) is 12.1 Å². The van der Waals surface area contributed by atoms with Gasteiger partial charge in [-0.25, -0.2) is 0 Å². The lowest BCUT2D eigenvalue weighted by Crippen LogP contribution is -2.25. The molecule has 0 radical (unpaired) electrons. The molecule has 2 rings (SSSR count). The maximum Gasteiger partial charge on any atom is 0.137 e. The van der Waals surface area contributed by atoms with E-state index in [9.17, 15) is 0 Å². The van der Waals surface area contributed by atoms with Gasteiger partial charge in [-0.05, 0) is 31.4 Å². The first-order chi connectivity index (χ1) is 6.95. The Balaban J connectivity index is 1.76. The van der Waals surface area contributed by atoms with Gasteiger partial charge in [0.1, 0.15) is 12.4 Å². The summed E-state index contributed by atoms with van der Waals surface area (Å²) in [7, 11) is 0. The summed E-state index contributed by atoms with van der Waals surface area (Å²) in [6, 6.07) is 3.78. The number of aromatic nitrogens is 1. The van der Waals surface area contributed by atoms with Gasteiger partial charge in [0.25, 0.3) is 0 Å². The van der Waals surface area contributed by atoms with Gasteiger partial charge < -0.3 is 9.47 Å². The molecule has 3 heteroatoms. The number of nitrogens with zero attached hydrogens (tertiary/aromatic N) is 1. The first-order valence-corrected chi connectivity index (χ1v) is 5.09. The largest absolute Gasteiger partial charge is 0.489 e. The van der Waals surface area contributed by atoms with Crippen LogP contribution in [0.4, 0.5) is 0 Å². The highest BCUT2D eigenvalue weighted by molar-refractivity contribution is 5.15. The van der Waals surface area contributed by atoms with Crippen molar-refractivity contribution in [3.8, 4) is 5.75 Å². The van der Waals surface area contributed by atoms with Crippen LogP contribution < -0.4 is 4.74 Å². The van der Waals surface area contributed by atoms with Crippen molar-refractivity contribution in [1.29, 1.82) is 0 Å². The van der Waals surface area contributed by atoms with E-state index >= 15 is 0 Å². The highest BCUT2D eigenvalue weighted by Gasteiger charge is 2.14. The maximum atomic E-state index is 5.56. The van der Waals surface area contributed by atoms with Crippen molar-refractivity contribution < 1.29 is 9.47 Å². The Morgan fingerprint density at radius 1 is 1.50 bits per heavy atom. The molecule has 0 aliphatic carbocycles. The highest BCUT2D eigenvalue weighted by Crippen LogP contribution is 2.14. The van der Waals surface area contributed by atoms with Crippen molar-refractivity contribution in [3.63, 3.8) is 0 Å². The average molecular weight is 193 g/mol. The van der Waals surface area contributed by atoms with Gasteiger partial charge in [-0.1, -0.05) is 0 Å². The number of hydrogen-bond acceptors (Lipinski definition) is 3. The lowest BCUT2D eigenvalue weighted by atomic mass is 10.1. The molecule has 1 aromatic rings. The second-order valence-corrected chi connectivity index (χ2v) is 3.49. The summed E-state index contributed by atoms with van der Waals surface area (Å²) >= 11 is 0. The molecule has 0 aromatic carbocycles. The molecular formula is C11H15NO2. The van der Waals surface area contributed by atoms with Crippen molar-refractivity contribution in [2.45, 2.75) is 25.4 Å². The first kappa shape index (κ1) is 9.46. The zero-order valence-electron chi connectivity index (χ0n) is 8.19. The van der Waals surface area contributed by atoms with Crippen molar-refractivity contribution >= 4 is 0 Å². The first-order valence-electron chi connectivity index (χ1n) is 5.09. The molecule has 0 bridgehead atoms. The molecule has 2 heterocycles. The Hall–Kier alpha value is -1.09.